The molecular weight excluding hydrogens is 468 g/mol. The third-order valence-corrected chi connectivity index (χ3v) is 8.65. The minimum Gasteiger partial charge on any atom is -0.369 e. The number of hydrogen-bond donors (Lipinski definition) is 5. The molecule has 3 aliphatic rings. The van der Waals surface area contributed by atoms with Crippen LogP contribution in [0.2, 0.25) is 0 Å². The second-order valence-electron chi connectivity index (χ2n) is 10.6. The Kier molecular flexibility index (Phi) is 6.89. The fourth-order valence-corrected chi connectivity index (χ4v) is 5.96. The van der Waals surface area contributed by atoms with Gasteiger partial charge in [-0.15, -0.1) is 12.6 Å². The highest BCUT2D eigenvalue weighted by Crippen LogP contribution is 2.65. The summed E-state index contributed by atoms with van der Waals surface area (Å²) >= 11 is 4.05. The summed E-state index contributed by atoms with van der Waals surface area (Å²) in [6, 6.07) is 7.77. The zero-order valence-corrected chi connectivity index (χ0v) is 21.0. The van der Waals surface area contributed by atoms with E-state index in [-0.39, 0.29) is 41.9 Å². The van der Waals surface area contributed by atoms with Crippen LogP contribution in [0.15, 0.2) is 30.3 Å². The van der Waals surface area contributed by atoms with Crippen molar-refractivity contribution in [2.45, 2.75) is 56.5 Å². The number of nitrogens with one attached hydrogen (secondary N) is 2. The summed E-state index contributed by atoms with van der Waals surface area (Å²) in [5.74, 6) is -2.22. The highest BCUT2D eigenvalue weighted by Gasteiger charge is 2.69. The predicted octanol–water partition coefficient (Wildman–Crippen LogP) is 0.217. The van der Waals surface area contributed by atoms with Gasteiger partial charge >= 0.3 is 0 Å². The molecule has 5 N–H and O–H groups in total. The molecule has 0 bridgehead atoms. The molecule has 2 heterocycles. The highest BCUT2D eigenvalue weighted by atomic mass is 32.1. The average molecular weight is 503 g/mol. The standard InChI is InChI=1S/C25H34N4O5S/c1-24(2)16-13-29(18(30)9-8-14-6-4-3-5-7-14)20(19(16)24)22(32)28-17(25(34,35)23(26)33)12-15-10-11-27-21(15)31/h3-7,15-17,19-20,34-35H,8-13H2,1-2H3,(H2,26,33)(H,27,31)(H,28,32)/t15-,16-,17-,19-,20-,25-/m0/s1. The molecule has 9 nitrogen and oxygen atoms in total. The number of thiol groups is 1. The molecule has 1 aliphatic carbocycles. The van der Waals surface area contributed by atoms with Crippen molar-refractivity contribution < 1.29 is 24.3 Å². The maximum atomic E-state index is 13.6. The lowest BCUT2D eigenvalue weighted by molar-refractivity contribution is -0.142. The number of hydrogen-bond acceptors (Lipinski definition) is 6. The van der Waals surface area contributed by atoms with Gasteiger partial charge in [0.05, 0.1) is 6.04 Å². The van der Waals surface area contributed by atoms with Crippen LogP contribution in [0, 0.1) is 23.2 Å². The first-order valence-electron chi connectivity index (χ1n) is 12.1. The fraction of sp³-hybridized carbons (Fsp3) is 0.600. The van der Waals surface area contributed by atoms with Crippen LogP contribution in [0.4, 0.5) is 0 Å². The quantitative estimate of drug-likeness (QED) is 0.243. The second-order valence-corrected chi connectivity index (χ2v) is 11.3. The smallest absolute Gasteiger partial charge is 0.261 e. The van der Waals surface area contributed by atoms with Gasteiger partial charge in [-0.1, -0.05) is 44.2 Å². The van der Waals surface area contributed by atoms with Gasteiger partial charge in [0, 0.05) is 25.4 Å². The number of amides is 4. The van der Waals surface area contributed by atoms with E-state index in [0.29, 0.717) is 25.9 Å². The van der Waals surface area contributed by atoms with Gasteiger partial charge in [-0.2, -0.15) is 0 Å². The third-order valence-electron chi connectivity index (χ3n) is 8.12. The minimum absolute atomic E-state index is 0.00662. The number of nitrogens with two attached hydrogens (primary N) is 1. The topological polar surface area (TPSA) is 142 Å². The van der Waals surface area contributed by atoms with Crippen LogP contribution in [0.5, 0.6) is 0 Å². The summed E-state index contributed by atoms with van der Waals surface area (Å²) in [5, 5.41) is 16.2. The molecule has 4 rings (SSSR count). The Morgan fingerprint density at radius 2 is 2.00 bits per heavy atom. The highest BCUT2D eigenvalue weighted by molar-refractivity contribution is 7.82. The molecule has 2 saturated heterocycles. The monoisotopic (exact) mass is 502 g/mol. The number of nitrogens with zero attached hydrogens (tertiary/aromatic N) is 1. The molecule has 0 aromatic heterocycles. The van der Waals surface area contributed by atoms with Gasteiger partial charge in [0.2, 0.25) is 22.7 Å². The molecule has 2 aliphatic heterocycles. The number of piperidine rings is 1. The van der Waals surface area contributed by atoms with Crippen molar-refractivity contribution in [1.29, 1.82) is 0 Å². The summed E-state index contributed by atoms with van der Waals surface area (Å²) in [5.41, 5.74) is 6.32. The molecule has 1 saturated carbocycles. The Bertz CT molecular complexity index is 1010. The summed E-state index contributed by atoms with van der Waals surface area (Å²) in [4.78, 5) is 50.1. The fourth-order valence-electron chi connectivity index (χ4n) is 5.79. The SMILES string of the molecule is CC1(C)[C@@H]2[C@@H](C(=O)N[C@@H](C[C@@H]3CCNC3=O)[C@](O)(S)C(N)=O)N(C(=O)CCc3ccccc3)C[C@@H]21. The zero-order chi connectivity index (χ0) is 25.5. The Morgan fingerprint density at radius 1 is 1.31 bits per heavy atom. The number of rotatable bonds is 9. The number of benzene rings is 1. The molecule has 4 amide bonds. The lowest BCUT2D eigenvalue weighted by Crippen LogP contribution is -2.60. The Balaban J connectivity index is 1.50. The number of carbonyl (C=O) groups excluding carboxylic acids is 4. The molecule has 190 valence electrons. The van der Waals surface area contributed by atoms with Gasteiger partial charge < -0.3 is 26.4 Å². The molecule has 10 heteroatoms. The van der Waals surface area contributed by atoms with E-state index in [1.54, 1.807) is 4.90 Å². The van der Waals surface area contributed by atoms with Crippen LogP contribution >= 0.6 is 12.6 Å². The largest absolute Gasteiger partial charge is 0.369 e. The first-order chi connectivity index (χ1) is 16.4. The zero-order valence-electron chi connectivity index (χ0n) is 20.1. The van der Waals surface area contributed by atoms with Crippen LogP contribution in [0.25, 0.3) is 0 Å². The van der Waals surface area contributed by atoms with Crippen molar-refractivity contribution in [1.82, 2.24) is 15.5 Å². The Labute approximate surface area is 210 Å². The van der Waals surface area contributed by atoms with Crippen LogP contribution in [0.3, 0.4) is 0 Å². The van der Waals surface area contributed by atoms with Crippen molar-refractivity contribution in [2.24, 2.45) is 28.9 Å². The molecule has 6 atom stereocenters. The van der Waals surface area contributed by atoms with Crippen molar-refractivity contribution in [3.63, 3.8) is 0 Å². The summed E-state index contributed by atoms with van der Waals surface area (Å²) in [7, 11) is 0. The number of fused-ring (bicyclic) bond motifs is 1. The maximum absolute atomic E-state index is 13.6. The molecule has 1 aromatic carbocycles. The molecule has 1 aromatic rings. The van der Waals surface area contributed by atoms with Gasteiger partial charge in [0.25, 0.3) is 5.91 Å². The molecule has 3 fully saturated rings. The van der Waals surface area contributed by atoms with E-state index in [4.69, 9.17) is 5.73 Å². The number of aryl methyl sites for hydroxylation is 1. The van der Waals surface area contributed by atoms with E-state index < -0.39 is 34.7 Å². The number of likely N-dealkylation sites (tertiary alicyclic amines) is 1. The van der Waals surface area contributed by atoms with Crippen LogP contribution in [-0.2, 0) is 25.6 Å². The van der Waals surface area contributed by atoms with Crippen LogP contribution in [-0.4, -0.2) is 63.7 Å². The molecule has 35 heavy (non-hydrogen) atoms. The van der Waals surface area contributed by atoms with E-state index in [0.717, 1.165) is 5.56 Å². The van der Waals surface area contributed by atoms with Crippen molar-refractivity contribution in [3.05, 3.63) is 35.9 Å². The second kappa shape index (κ2) is 9.46. The van der Waals surface area contributed by atoms with Gasteiger partial charge in [-0.3, -0.25) is 19.2 Å². The van der Waals surface area contributed by atoms with Crippen molar-refractivity contribution in [3.8, 4) is 0 Å². The van der Waals surface area contributed by atoms with Gasteiger partial charge in [0.15, 0.2) is 0 Å². The van der Waals surface area contributed by atoms with E-state index in [9.17, 15) is 24.3 Å². The predicted molar refractivity (Wildman–Crippen MR) is 132 cm³/mol. The van der Waals surface area contributed by atoms with Crippen LogP contribution in [0.1, 0.15) is 38.7 Å². The summed E-state index contributed by atoms with van der Waals surface area (Å²) < 4.78 is 0. The molecule has 0 spiro atoms. The van der Waals surface area contributed by atoms with Gasteiger partial charge in [-0.05, 0) is 42.1 Å². The molecular formula is C25H34N4O5S. The van der Waals surface area contributed by atoms with Crippen LogP contribution < -0.4 is 16.4 Å². The molecule has 0 unspecified atom stereocenters. The minimum atomic E-state index is -2.35. The van der Waals surface area contributed by atoms with E-state index in [1.165, 1.54) is 0 Å². The van der Waals surface area contributed by atoms with Gasteiger partial charge in [-0.25, -0.2) is 0 Å². The maximum Gasteiger partial charge on any atom is 0.261 e. The lowest BCUT2D eigenvalue weighted by atomic mass is 9.93. The molecule has 0 radical (unpaired) electrons. The van der Waals surface area contributed by atoms with Crippen molar-refractivity contribution in [2.75, 3.05) is 13.1 Å². The first kappa shape index (κ1) is 25.5. The van der Waals surface area contributed by atoms with E-state index in [1.807, 2.05) is 30.3 Å². The Morgan fingerprint density at radius 3 is 2.60 bits per heavy atom. The van der Waals surface area contributed by atoms with Crippen molar-refractivity contribution >= 4 is 36.3 Å². The summed E-state index contributed by atoms with van der Waals surface area (Å²) in [6.07, 6.45) is 1.36. The first-order valence-corrected chi connectivity index (χ1v) is 12.6. The number of aliphatic hydroxyl groups is 1. The van der Waals surface area contributed by atoms with Gasteiger partial charge in [0.1, 0.15) is 6.04 Å². The van der Waals surface area contributed by atoms with E-state index in [2.05, 4.69) is 37.1 Å². The van der Waals surface area contributed by atoms with E-state index >= 15 is 0 Å². The lowest BCUT2D eigenvalue weighted by Gasteiger charge is -2.35. The summed E-state index contributed by atoms with van der Waals surface area (Å²) in [6.45, 7) is 5.12. The third kappa shape index (κ3) is 4.91. The number of primary amides is 1. The Hall–Kier alpha value is -2.59. The normalized spacial score (nSPS) is 29.0. The average Bonchev–Trinajstić information content (AvgIpc) is 3.17. The number of carbonyl (C=O) groups is 4.